The molecule has 0 radical (unpaired) electrons. The van der Waals surface area contributed by atoms with E-state index in [1.54, 1.807) is 18.3 Å². The van der Waals surface area contributed by atoms with Crippen molar-refractivity contribution in [3.63, 3.8) is 0 Å². The zero-order valence-electron chi connectivity index (χ0n) is 14.6. The van der Waals surface area contributed by atoms with Crippen LogP contribution >= 0.6 is 0 Å². The van der Waals surface area contributed by atoms with E-state index < -0.39 is 0 Å². The molecule has 0 bridgehead atoms. The molecule has 0 amide bonds. The fraction of sp³-hybridized carbons (Fsp3) is 0.667. The van der Waals surface area contributed by atoms with Crippen molar-refractivity contribution >= 4 is 17.2 Å². The zero-order chi connectivity index (χ0) is 17.3. The van der Waals surface area contributed by atoms with Gasteiger partial charge < -0.3 is 5.21 Å². The van der Waals surface area contributed by atoms with Gasteiger partial charge in [0.05, 0.1) is 18.1 Å². The minimum absolute atomic E-state index is 0.377. The van der Waals surface area contributed by atoms with Gasteiger partial charge in [0.2, 0.25) is 5.65 Å². The number of rotatable bonds is 2. The summed E-state index contributed by atoms with van der Waals surface area (Å²) in [5, 5.41) is 15.9. The molecule has 4 rings (SSSR count). The average Bonchev–Trinajstić information content (AvgIpc) is 3.06. The Morgan fingerprint density at radius 1 is 0.960 bits per heavy atom. The lowest BCUT2D eigenvalue weighted by atomic mass is 9.96. The quantitative estimate of drug-likeness (QED) is 0.662. The van der Waals surface area contributed by atoms with Gasteiger partial charge in [-0.05, 0) is 43.0 Å². The Labute approximate surface area is 147 Å². The van der Waals surface area contributed by atoms with Crippen LogP contribution in [-0.4, -0.2) is 43.4 Å². The fourth-order valence-corrected chi connectivity index (χ4v) is 3.37. The second-order valence-electron chi connectivity index (χ2n) is 6.77. The van der Waals surface area contributed by atoms with Crippen molar-refractivity contribution in [2.24, 2.45) is 9.98 Å². The summed E-state index contributed by atoms with van der Waals surface area (Å²) in [6.45, 7) is 0. The molecule has 7 heteroatoms. The Hall–Kier alpha value is -2.27. The lowest BCUT2D eigenvalue weighted by Crippen LogP contribution is -2.10. The summed E-state index contributed by atoms with van der Waals surface area (Å²) < 4.78 is 0. The van der Waals surface area contributed by atoms with Crippen molar-refractivity contribution in [2.45, 2.75) is 76.3 Å². The molecule has 2 aromatic heterocycles. The third-order valence-corrected chi connectivity index (χ3v) is 4.82. The summed E-state index contributed by atoms with van der Waals surface area (Å²) >= 11 is 0. The van der Waals surface area contributed by atoms with Gasteiger partial charge in [0.25, 0.3) is 0 Å². The molecule has 0 spiro atoms. The molecule has 0 aliphatic heterocycles. The van der Waals surface area contributed by atoms with Crippen LogP contribution in [0.15, 0.2) is 28.3 Å². The number of aliphatic imine (C=N–C) groups is 2. The van der Waals surface area contributed by atoms with Crippen LogP contribution in [0.4, 0.5) is 0 Å². The molecule has 134 valence electrons. The second-order valence-corrected chi connectivity index (χ2v) is 6.77. The molecule has 2 aromatic rings. The van der Waals surface area contributed by atoms with E-state index in [4.69, 9.17) is 5.21 Å². The Kier molecular flexibility index (Phi) is 6.51. The fourth-order valence-electron chi connectivity index (χ4n) is 3.37. The molecule has 7 nitrogen and oxygen atoms in total. The van der Waals surface area contributed by atoms with Crippen molar-refractivity contribution < 1.29 is 5.21 Å². The van der Waals surface area contributed by atoms with Gasteiger partial charge in [0, 0.05) is 6.20 Å². The van der Waals surface area contributed by atoms with Gasteiger partial charge in [-0.3, -0.25) is 0 Å². The maximum atomic E-state index is 8.89. The monoisotopic (exact) mass is 342 g/mol. The normalized spacial score (nSPS) is 18.9. The predicted octanol–water partition coefficient (Wildman–Crippen LogP) is 3.89. The van der Waals surface area contributed by atoms with E-state index >= 15 is 0 Å². The highest BCUT2D eigenvalue weighted by atomic mass is 16.5. The van der Waals surface area contributed by atoms with Crippen LogP contribution in [0, 0.1) is 0 Å². The van der Waals surface area contributed by atoms with Gasteiger partial charge in [0.15, 0.2) is 0 Å². The summed E-state index contributed by atoms with van der Waals surface area (Å²) in [4.78, 5) is 13.4. The Bertz CT molecular complexity index is 687. The summed E-state index contributed by atoms with van der Waals surface area (Å²) in [6, 6.07) is 7.50. The van der Waals surface area contributed by atoms with Crippen molar-refractivity contribution in [3.8, 4) is 0 Å². The molecular weight excluding hydrogens is 316 g/mol. The number of aromatic nitrogens is 4. The first-order chi connectivity index (χ1) is 12.3. The van der Waals surface area contributed by atoms with Gasteiger partial charge in [0.1, 0.15) is 5.52 Å². The standard InChI is InChI=1S/C13H22N2.C5H4N4O/c1-3-7-12(8-4-1)14-11-15-13-9-5-2-6-10-13;10-9-5-4(7-8-9)2-1-3-6-5/h12-13H,1-10H2;1-3,10H. The summed E-state index contributed by atoms with van der Waals surface area (Å²) in [7, 11) is 0. The molecule has 0 aromatic carbocycles. The zero-order valence-corrected chi connectivity index (χ0v) is 14.6. The van der Waals surface area contributed by atoms with Gasteiger partial charge in [-0.2, -0.15) is 0 Å². The smallest absolute Gasteiger partial charge is 0.219 e. The van der Waals surface area contributed by atoms with Gasteiger partial charge in [-0.1, -0.05) is 43.4 Å². The van der Waals surface area contributed by atoms with Crippen molar-refractivity contribution in [1.29, 1.82) is 0 Å². The predicted molar refractivity (Wildman–Crippen MR) is 96.1 cm³/mol. The number of hydrogen-bond acceptors (Lipinski definition) is 6. The molecule has 2 aliphatic rings. The Morgan fingerprint density at radius 3 is 2.12 bits per heavy atom. The highest BCUT2D eigenvalue weighted by molar-refractivity contribution is 5.68. The molecule has 2 aliphatic carbocycles. The summed E-state index contributed by atoms with van der Waals surface area (Å²) in [6.07, 6.45) is 14.8. The molecule has 0 atom stereocenters. The lowest BCUT2D eigenvalue weighted by Gasteiger charge is -2.17. The minimum Gasteiger partial charge on any atom is -0.409 e. The highest BCUT2D eigenvalue weighted by Gasteiger charge is 2.12. The molecule has 2 fully saturated rings. The number of nitrogens with zero attached hydrogens (tertiary/aromatic N) is 6. The largest absolute Gasteiger partial charge is 0.409 e. The summed E-state index contributed by atoms with van der Waals surface area (Å²) in [5.74, 6) is 0. The molecular formula is C18H26N6O. The first kappa shape index (κ1) is 17.5. The number of hydrogen-bond donors (Lipinski definition) is 1. The van der Waals surface area contributed by atoms with Crippen LogP contribution in [0.2, 0.25) is 0 Å². The van der Waals surface area contributed by atoms with Gasteiger partial charge in [-0.25, -0.2) is 15.0 Å². The SMILES string of the molecule is C(=NC1CCCCC1)=NC1CCCCC1.On1nnc2cccnc21. The lowest BCUT2D eigenvalue weighted by molar-refractivity contribution is 0.153. The Morgan fingerprint density at radius 2 is 1.56 bits per heavy atom. The van der Waals surface area contributed by atoms with E-state index in [1.165, 1.54) is 64.2 Å². The van der Waals surface area contributed by atoms with E-state index in [2.05, 4.69) is 31.3 Å². The van der Waals surface area contributed by atoms with Crippen LogP contribution in [-0.2, 0) is 0 Å². The van der Waals surface area contributed by atoms with Crippen LogP contribution in [0.1, 0.15) is 64.2 Å². The first-order valence-corrected chi connectivity index (χ1v) is 9.33. The maximum Gasteiger partial charge on any atom is 0.219 e. The van der Waals surface area contributed by atoms with E-state index in [0.29, 0.717) is 28.1 Å². The Balaban J connectivity index is 0.000000157. The van der Waals surface area contributed by atoms with Crippen LogP contribution in [0.5, 0.6) is 0 Å². The molecule has 2 heterocycles. The van der Waals surface area contributed by atoms with Gasteiger partial charge >= 0.3 is 0 Å². The van der Waals surface area contributed by atoms with Crippen molar-refractivity contribution in [1.82, 2.24) is 20.1 Å². The first-order valence-electron chi connectivity index (χ1n) is 9.33. The number of fused-ring (bicyclic) bond motifs is 1. The topological polar surface area (TPSA) is 88.5 Å². The molecule has 0 unspecified atom stereocenters. The molecule has 0 saturated heterocycles. The van der Waals surface area contributed by atoms with Crippen LogP contribution in [0.3, 0.4) is 0 Å². The third-order valence-electron chi connectivity index (χ3n) is 4.82. The van der Waals surface area contributed by atoms with Crippen LogP contribution in [0.25, 0.3) is 11.2 Å². The minimum atomic E-state index is 0.377. The maximum absolute atomic E-state index is 8.89. The van der Waals surface area contributed by atoms with Crippen molar-refractivity contribution in [3.05, 3.63) is 18.3 Å². The van der Waals surface area contributed by atoms with Gasteiger partial charge in [-0.15, -0.1) is 5.10 Å². The van der Waals surface area contributed by atoms with E-state index in [-0.39, 0.29) is 0 Å². The second kappa shape index (κ2) is 9.28. The molecule has 2 saturated carbocycles. The van der Waals surface area contributed by atoms with Crippen LogP contribution < -0.4 is 0 Å². The molecule has 25 heavy (non-hydrogen) atoms. The van der Waals surface area contributed by atoms with E-state index in [9.17, 15) is 0 Å². The van der Waals surface area contributed by atoms with Crippen molar-refractivity contribution in [2.75, 3.05) is 0 Å². The average molecular weight is 342 g/mol. The third kappa shape index (κ3) is 5.36. The highest BCUT2D eigenvalue weighted by Crippen LogP contribution is 2.21. The summed E-state index contributed by atoms with van der Waals surface area (Å²) in [5.41, 5.74) is 0.965. The van der Waals surface area contributed by atoms with E-state index in [1.807, 2.05) is 0 Å². The number of pyridine rings is 1. The van der Waals surface area contributed by atoms with E-state index in [0.717, 1.165) is 0 Å². The molecule has 1 N–H and O–H groups in total.